The SMILES string of the molecule is COc1ccc(-c2nsc(C(=O)N(c3cccc(OC)c3)[C@H](C(=O)NC3CCCC3)c3ccc(OC)cc3)c2N)cc1. The highest BCUT2D eigenvalue weighted by Gasteiger charge is 2.37. The topological polar surface area (TPSA) is 116 Å². The van der Waals surface area contributed by atoms with Gasteiger partial charge in [-0.15, -0.1) is 0 Å². The van der Waals surface area contributed by atoms with E-state index in [1.807, 2.05) is 24.3 Å². The summed E-state index contributed by atoms with van der Waals surface area (Å²) < 4.78 is 20.6. The molecule has 0 unspecified atom stereocenters. The van der Waals surface area contributed by atoms with Gasteiger partial charge in [0.15, 0.2) is 0 Å². The van der Waals surface area contributed by atoms with Crippen LogP contribution in [-0.4, -0.2) is 43.6 Å². The second kappa shape index (κ2) is 12.9. The molecular formula is C32H34N4O5S. The minimum absolute atomic E-state index is 0.0515. The molecule has 1 aliphatic carbocycles. The summed E-state index contributed by atoms with van der Waals surface area (Å²) in [4.78, 5) is 30.4. The Kier molecular flexibility index (Phi) is 8.92. The standard InChI is InChI=1S/C32H34N4O5S/c1-39-24-15-11-20(12-16-24)28-27(33)30(42-35-28)32(38)36(23-9-6-10-26(19-23)41-3)29(21-13-17-25(40-2)18-14-21)31(37)34-22-7-4-5-8-22/h6,9-19,22,29H,4-5,7-8,33H2,1-3H3,(H,34,37)/t29-/m0/s1. The van der Waals surface area contributed by atoms with Gasteiger partial charge in [-0.25, -0.2) is 0 Å². The second-order valence-corrected chi connectivity index (χ2v) is 10.8. The molecule has 1 heterocycles. The van der Waals surface area contributed by atoms with Gasteiger partial charge in [-0.05, 0) is 78.5 Å². The van der Waals surface area contributed by atoms with E-state index in [9.17, 15) is 9.59 Å². The van der Waals surface area contributed by atoms with Gasteiger partial charge in [-0.1, -0.05) is 31.0 Å². The van der Waals surface area contributed by atoms with Crippen molar-refractivity contribution in [2.75, 3.05) is 32.0 Å². The van der Waals surface area contributed by atoms with Crippen molar-refractivity contribution in [1.82, 2.24) is 9.69 Å². The fourth-order valence-electron chi connectivity index (χ4n) is 5.22. The molecule has 0 spiro atoms. The number of anilines is 2. The molecule has 9 nitrogen and oxygen atoms in total. The number of methoxy groups -OCH3 is 3. The van der Waals surface area contributed by atoms with Crippen molar-refractivity contribution in [2.45, 2.75) is 37.8 Å². The van der Waals surface area contributed by atoms with E-state index in [4.69, 9.17) is 19.9 Å². The third-order valence-corrected chi connectivity index (χ3v) is 8.33. The first-order chi connectivity index (χ1) is 20.4. The van der Waals surface area contributed by atoms with Crippen LogP contribution in [0.15, 0.2) is 72.8 Å². The number of hydrogen-bond donors (Lipinski definition) is 2. The van der Waals surface area contributed by atoms with E-state index in [0.29, 0.717) is 34.2 Å². The lowest BCUT2D eigenvalue weighted by molar-refractivity contribution is -0.123. The fourth-order valence-corrected chi connectivity index (χ4v) is 5.97. The summed E-state index contributed by atoms with van der Waals surface area (Å²) in [5, 5.41) is 3.20. The molecule has 0 saturated heterocycles. The maximum atomic E-state index is 14.5. The first-order valence-electron chi connectivity index (χ1n) is 13.7. The summed E-state index contributed by atoms with van der Waals surface area (Å²) in [5.41, 5.74) is 9.19. The van der Waals surface area contributed by atoms with Gasteiger partial charge >= 0.3 is 0 Å². The molecule has 218 valence electrons. The average molecular weight is 587 g/mol. The molecule has 0 bridgehead atoms. The van der Waals surface area contributed by atoms with E-state index >= 15 is 0 Å². The zero-order valence-corrected chi connectivity index (χ0v) is 24.6. The van der Waals surface area contributed by atoms with Crippen molar-refractivity contribution in [2.24, 2.45) is 0 Å². The third kappa shape index (κ3) is 6.03. The van der Waals surface area contributed by atoms with E-state index in [1.54, 1.807) is 69.9 Å². The summed E-state index contributed by atoms with van der Waals surface area (Å²) in [5.74, 6) is 1.17. The predicted octanol–water partition coefficient (Wildman–Crippen LogP) is 5.87. The number of amides is 2. The van der Waals surface area contributed by atoms with Crippen molar-refractivity contribution in [3.05, 3.63) is 83.2 Å². The summed E-state index contributed by atoms with van der Waals surface area (Å²) >= 11 is 1.00. The molecule has 1 atom stereocenters. The number of nitrogens with two attached hydrogens (primary N) is 1. The fraction of sp³-hybridized carbons (Fsp3) is 0.281. The van der Waals surface area contributed by atoms with Crippen molar-refractivity contribution in [1.29, 1.82) is 0 Å². The normalized spacial score (nSPS) is 13.8. The molecule has 42 heavy (non-hydrogen) atoms. The number of rotatable bonds is 10. The summed E-state index contributed by atoms with van der Waals surface area (Å²) in [6, 6.07) is 20.6. The van der Waals surface area contributed by atoms with Crippen molar-refractivity contribution < 1.29 is 23.8 Å². The number of nitrogens with zero attached hydrogens (tertiary/aromatic N) is 2. The Morgan fingerprint density at radius 1 is 0.905 bits per heavy atom. The number of carbonyl (C=O) groups excluding carboxylic acids is 2. The van der Waals surface area contributed by atoms with Crippen molar-refractivity contribution >= 4 is 34.7 Å². The highest BCUT2D eigenvalue weighted by Crippen LogP contribution is 2.38. The lowest BCUT2D eigenvalue weighted by Crippen LogP contribution is -2.46. The number of aromatic nitrogens is 1. The molecule has 0 aliphatic heterocycles. The van der Waals surface area contributed by atoms with Crippen LogP contribution in [0.1, 0.15) is 47.0 Å². The summed E-state index contributed by atoms with van der Waals surface area (Å²) in [6.07, 6.45) is 3.92. The lowest BCUT2D eigenvalue weighted by atomic mass is 10.0. The molecule has 1 fully saturated rings. The van der Waals surface area contributed by atoms with Crippen LogP contribution in [0.2, 0.25) is 0 Å². The van der Waals surface area contributed by atoms with Crippen LogP contribution in [0, 0.1) is 0 Å². The van der Waals surface area contributed by atoms with E-state index < -0.39 is 11.9 Å². The number of ether oxygens (including phenoxy) is 3. The predicted molar refractivity (Wildman–Crippen MR) is 164 cm³/mol. The first-order valence-corrected chi connectivity index (χ1v) is 14.5. The van der Waals surface area contributed by atoms with Crippen molar-refractivity contribution in [3.8, 4) is 28.5 Å². The molecule has 10 heteroatoms. The Hall–Kier alpha value is -4.57. The van der Waals surface area contributed by atoms with Crippen LogP contribution >= 0.6 is 11.5 Å². The smallest absolute Gasteiger partial charge is 0.273 e. The van der Waals surface area contributed by atoms with Gasteiger partial charge in [0.1, 0.15) is 33.9 Å². The van der Waals surface area contributed by atoms with Gasteiger partial charge in [-0.3, -0.25) is 14.5 Å². The Labute approximate surface area is 249 Å². The third-order valence-electron chi connectivity index (χ3n) is 7.48. The summed E-state index contributed by atoms with van der Waals surface area (Å²) in [7, 11) is 4.73. The van der Waals surface area contributed by atoms with Crippen LogP contribution in [0.3, 0.4) is 0 Å². The molecule has 3 aromatic carbocycles. The molecule has 3 N–H and O–H groups in total. The van der Waals surface area contributed by atoms with E-state index in [-0.39, 0.29) is 22.5 Å². The van der Waals surface area contributed by atoms with E-state index in [1.165, 1.54) is 4.90 Å². The van der Waals surface area contributed by atoms with Gasteiger partial charge in [0.2, 0.25) is 5.91 Å². The number of carbonyl (C=O) groups is 2. The molecular weight excluding hydrogens is 552 g/mol. The largest absolute Gasteiger partial charge is 0.497 e. The maximum absolute atomic E-state index is 14.5. The average Bonchev–Trinajstić information content (AvgIpc) is 3.69. The van der Waals surface area contributed by atoms with Gasteiger partial charge in [-0.2, -0.15) is 4.37 Å². The number of nitrogens with one attached hydrogen (secondary N) is 1. The van der Waals surface area contributed by atoms with Gasteiger partial charge < -0.3 is 25.3 Å². The molecule has 2 amide bonds. The van der Waals surface area contributed by atoms with Gasteiger partial charge in [0, 0.05) is 23.4 Å². The van der Waals surface area contributed by atoms with Crippen LogP contribution in [0.5, 0.6) is 17.2 Å². The first kappa shape index (κ1) is 28.9. The van der Waals surface area contributed by atoms with E-state index in [2.05, 4.69) is 9.69 Å². The number of benzene rings is 3. The van der Waals surface area contributed by atoms with Crippen molar-refractivity contribution in [3.63, 3.8) is 0 Å². The van der Waals surface area contributed by atoms with Crippen LogP contribution in [0.25, 0.3) is 11.3 Å². The number of hydrogen-bond acceptors (Lipinski definition) is 8. The Bertz CT molecular complexity index is 1530. The molecule has 1 aliphatic rings. The minimum Gasteiger partial charge on any atom is -0.497 e. The highest BCUT2D eigenvalue weighted by molar-refractivity contribution is 7.09. The lowest BCUT2D eigenvalue weighted by Gasteiger charge is -2.32. The van der Waals surface area contributed by atoms with Crippen LogP contribution in [-0.2, 0) is 4.79 Å². The molecule has 1 saturated carbocycles. The van der Waals surface area contributed by atoms with Crippen LogP contribution in [0.4, 0.5) is 11.4 Å². The Morgan fingerprint density at radius 2 is 1.52 bits per heavy atom. The van der Waals surface area contributed by atoms with Crippen LogP contribution < -0.4 is 30.2 Å². The van der Waals surface area contributed by atoms with E-state index in [0.717, 1.165) is 42.8 Å². The molecule has 4 aromatic rings. The Balaban J connectivity index is 1.61. The zero-order chi connectivity index (χ0) is 29.6. The zero-order valence-electron chi connectivity index (χ0n) is 23.8. The molecule has 5 rings (SSSR count). The second-order valence-electron chi connectivity index (χ2n) is 10.0. The molecule has 1 aromatic heterocycles. The monoisotopic (exact) mass is 586 g/mol. The Morgan fingerprint density at radius 3 is 2.14 bits per heavy atom. The summed E-state index contributed by atoms with van der Waals surface area (Å²) in [6.45, 7) is 0. The molecule has 0 radical (unpaired) electrons. The maximum Gasteiger partial charge on any atom is 0.273 e. The minimum atomic E-state index is -0.998. The number of nitrogen functional groups attached to an aromatic ring is 1. The quantitative estimate of drug-likeness (QED) is 0.239. The highest BCUT2D eigenvalue weighted by atomic mass is 32.1. The van der Waals surface area contributed by atoms with Gasteiger partial charge in [0.25, 0.3) is 5.91 Å². The van der Waals surface area contributed by atoms with Gasteiger partial charge in [0.05, 0.1) is 27.0 Å².